The minimum absolute atomic E-state index is 0.758. The minimum atomic E-state index is 0.758. The zero-order chi connectivity index (χ0) is 15.7. The lowest BCUT2D eigenvalue weighted by Gasteiger charge is -2.16. The SMILES string of the molecule is Cc1ccc(-c2ccc(Cl)cc2)n1-c1ccc(N(C)C)cc1. The Labute approximate surface area is 136 Å². The van der Waals surface area contributed by atoms with E-state index in [4.69, 9.17) is 11.6 Å². The zero-order valence-electron chi connectivity index (χ0n) is 13.0. The van der Waals surface area contributed by atoms with Gasteiger partial charge >= 0.3 is 0 Å². The summed E-state index contributed by atoms with van der Waals surface area (Å²) in [6.07, 6.45) is 0. The molecule has 0 aliphatic heterocycles. The van der Waals surface area contributed by atoms with E-state index in [-0.39, 0.29) is 0 Å². The van der Waals surface area contributed by atoms with Crippen molar-refractivity contribution in [3.63, 3.8) is 0 Å². The average molecular weight is 311 g/mol. The van der Waals surface area contributed by atoms with Gasteiger partial charge in [-0.25, -0.2) is 0 Å². The van der Waals surface area contributed by atoms with E-state index >= 15 is 0 Å². The van der Waals surface area contributed by atoms with Crippen LogP contribution in [-0.4, -0.2) is 18.7 Å². The van der Waals surface area contributed by atoms with Crippen LogP contribution < -0.4 is 4.90 Å². The lowest BCUT2D eigenvalue weighted by Crippen LogP contribution is -2.08. The molecule has 22 heavy (non-hydrogen) atoms. The number of hydrogen-bond donors (Lipinski definition) is 0. The molecule has 0 aliphatic carbocycles. The highest BCUT2D eigenvalue weighted by Gasteiger charge is 2.09. The van der Waals surface area contributed by atoms with Crippen molar-refractivity contribution in [2.45, 2.75) is 6.92 Å². The largest absolute Gasteiger partial charge is 0.378 e. The van der Waals surface area contributed by atoms with Crippen LogP contribution in [0, 0.1) is 6.92 Å². The summed E-state index contributed by atoms with van der Waals surface area (Å²) in [7, 11) is 4.10. The van der Waals surface area contributed by atoms with Crippen LogP contribution in [0.4, 0.5) is 5.69 Å². The summed E-state index contributed by atoms with van der Waals surface area (Å²) < 4.78 is 2.27. The molecular weight excluding hydrogens is 292 g/mol. The summed E-state index contributed by atoms with van der Waals surface area (Å²) in [5, 5.41) is 0.758. The fourth-order valence-electron chi connectivity index (χ4n) is 2.63. The predicted molar refractivity (Wildman–Crippen MR) is 95.3 cm³/mol. The van der Waals surface area contributed by atoms with E-state index in [2.05, 4.69) is 79.0 Å². The highest BCUT2D eigenvalue weighted by Crippen LogP contribution is 2.28. The van der Waals surface area contributed by atoms with E-state index < -0.39 is 0 Å². The fraction of sp³-hybridized carbons (Fsp3) is 0.158. The first-order chi connectivity index (χ1) is 10.6. The second-order valence-electron chi connectivity index (χ2n) is 5.61. The summed E-state index contributed by atoms with van der Waals surface area (Å²) in [6, 6.07) is 20.9. The lowest BCUT2D eigenvalue weighted by molar-refractivity contribution is 1.02. The van der Waals surface area contributed by atoms with E-state index in [0.717, 1.165) is 16.3 Å². The molecule has 0 aliphatic rings. The van der Waals surface area contributed by atoms with E-state index in [0.29, 0.717) is 0 Å². The van der Waals surface area contributed by atoms with Crippen molar-refractivity contribution in [2.75, 3.05) is 19.0 Å². The normalized spacial score (nSPS) is 10.7. The van der Waals surface area contributed by atoms with Crippen molar-refractivity contribution in [3.05, 3.63) is 71.4 Å². The Morgan fingerprint density at radius 1 is 0.818 bits per heavy atom. The van der Waals surface area contributed by atoms with Crippen LogP contribution in [0.3, 0.4) is 0 Å². The average Bonchev–Trinajstić information content (AvgIpc) is 2.90. The number of rotatable bonds is 3. The molecule has 0 unspecified atom stereocenters. The second-order valence-corrected chi connectivity index (χ2v) is 6.05. The molecule has 0 fully saturated rings. The van der Waals surface area contributed by atoms with Gasteiger partial charge in [-0.3, -0.25) is 0 Å². The lowest BCUT2D eigenvalue weighted by atomic mass is 10.1. The van der Waals surface area contributed by atoms with E-state index in [1.807, 2.05) is 12.1 Å². The maximum Gasteiger partial charge on any atom is 0.0531 e. The molecule has 112 valence electrons. The van der Waals surface area contributed by atoms with Crippen LogP contribution in [0.5, 0.6) is 0 Å². The van der Waals surface area contributed by atoms with Gasteiger partial charge < -0.3 is 9.47 Å². The third-order valence-corrected chi connectivity index (χ3v) is 4.09. The molecule has 2 aromatic carbocycles. The number of hydrogen-bond acceptors (Lipinski definition) is 1. The maximum atomic E-state index is 6.00. The van der Waals surface area contributed by atoms with Gasteiger partial charge in [-0.05, 0) is 61.0 Å². The van der Waals surface area contributed by atoms with Crippen LogP contribution in [0.15, 0.2) is 60.7 Å². The highest BCUT2D eigenvalue weighted by molar-refractivity contribution is 6.30. The number of nitrogens with zero attached hydrogens (tertiary/aromatic N) is 2. The van der Waals surface area contributed by atoms with Gasteiger partial charge in [-0.15, -0.1) is 0 Å². The summed E-state index contributed by atoms with van der Waals surface area (Å²) in [6.45, 7) is 2.12. The molecule has 0 atom stereocenters. The number of halogens is 1. The monoisotopic (exact) mass is 310 g/mol. The molecule has 0 N–H and O–H groups in total. The Balaban J connectivity index is 2.07. The number of benzene rings is 2. The molecule has 0 spiro atoms. The molecular formula is C19H19ClN2. The standard InChI is InChI=1S/C19H19ClN2/c1-14-4-13-19(15-5-7-16(20)8-6-15)22(14)18-11-9-17(10-12-18)21(2)3/h4-13H,1-3H3. The van der Waals surface area contributed by atoms with Gasteiger partial charge in [0.05, 0.1) is 5.69 Å². The van der Waals surface area contributed by atoms with Gasteiger partial charge in [0, 0.05) is 36.2 Å². The Morgan fingerprint density at radius 2 is 1.45 bits per heavy atom. The van der Waals surface area contributed by atoms with Crippen molar-refractivity contribution < 1.29 is 0 Å². The third-order valence-electron chi connectivity index (χ3n) is 3.84. The quantitative estimate of drug-likeness (QED) is 0.647. The molecule has 3 rings (SSSR count). The molecule has 2 nitrogen and oxygen atoms in total. The van der Waals surface area contributed by atoms with Crippen LogP contribution >= 0.6 is 11.6 Å². The summed E-state index contributed by atoms with van der Waals surface area (Å²) in [5.74, 6) is 0. The fourth-order valence-corrected chi connectivity index (χ4v) is 2.75. The first-order valence-electron chi connectivity index (χ1n) is 7.28. The molecule has 0 amide bonds. The second kappa shape index (κ2) is 5.90. The molecule has 3 heteroatoms. The van der Waals surface area contributed by atoms with Crippen molar-refractivity contribution in [1.82, 2.24) is 4.57 Å². The summed E-state index contributed by atoms with van der Waals surface area (Å²) in [5.41, 5.74) is 5.91. The Kier molecular flexibility index (Phi) is 3.95. The van der Waals surface area contributed by atoms with Crippen LogP contribution in [0.1, 0.15) is 5.69 Å². The van der Waals surface area contributed by atoms with Crippen molar-refractivity contribution >= 4 is 17.3 Å². The molecule has 0 saturated heterocycles. The molecule has 0 radical (unpaired) electrons. The molecule has 1 heterocycles. The van der Waals surface area contributed by atoms with Crippen LogP contribution in [0.2, 0.25) is 5.02 Å². The Morgan fingerprint density at radius 3 is 2.05 bits per heavy atom. The molecule has 3 aromatic rings. The minimum Gasteiger partial charge on any atom is -0.378 e. The zero-order valence-corrected chi connectivity index (χ0v) is 13.8. The third kappa shape index (κ3) is 2.75. The summed E-state index contributed by atoms with van der Waals surface area (Å²) >= 11 is 6.00. The highest BCUT2D eigenvalue weighted by atomic mass is 35.5. The van der Waals surface area contributed by atoms with Crippen LogP contribution in [-0.2, 0) is 0 Å². The van der Waals surface area contributed by atoms with Gasteiger partial charge in [-0.2, -0.15) is 0 Å². The predicted octanol–water partition coefficient (Wildman–Crippen LogP) is 5.17. The van der Waals surface area contributed by atoms with Crippen molar-refractivity contribution in [1.29, 1.82) is 0 Å². The molecule has 0 saturated carbocycles. The first kappa shape index (κ1) is 14.7. The topological polar surface area (TPSA) is 8.17 Å². The first-order valence-corrected chi connectivity index (χ1v) is 7.66. The number of aromatic nitrogens is 1. The van der Waals surface area contributed by atoms with Gasteiger partial charge in [0.15, 0.2) is 0 Å². The molecule has 1 aromatic heterocycles. The Hall–Kier alpha value is -2.19. The van der Waals surface area contributed by atoms with Gasteiger partial charge in [0.25, 0.3) is 0 Å². The maximum absolute atomic E-state index is 6.00. The molecule has 0 bridgehead atoms. The van der Waals surface area contributed by atoms with Crippen molar-refractivity contribution in [3.8, 4) is 16.9 Å². The van der Waals surface area contributed by atoms with Gasteiger partial charge in [0.1, 0.15) is 0 Å². The summed E-state index contributed by atoms with van der Waals surface area (Å²) in [4.78, 5) is 2.10. The van der Waals surface area contributed by atoms with E-state index in [9.17, 15) is 0 Å². The van der Waals surface area contributed by atoms with Crippen molar-refractivity contribution in [2.24, 2.45) is 0 Å². The van der Waals surface area contributed by atoms with Crippen LogP contribution in [0.25, 0.3) is 16.9 Å². The van der Waals surface area contributed by atoms with E-state index in [1.54, 1.807) is 0 Å². The number of anilines is 1. The van der Waals surface area contributed by atoms with Gasteiger partial charge in [0.2, 0.25) is 0 Å². The van der Waals surface area contributed by atoms with Gasteiger partial charge in [-0.1, -0.05) is 23.7 Å². The smallest absolute Gasteiger partial charge is 0.0531 e. The number of aryl methyl sites for hydroxylation is 1. The van der Waals surface area contributed by atoms with E-state index in [1.165, 1.54) is 17.1 Å². The Bertz CT molecular complexity index is 768.